The Bertz CT molecular complexity index is 206. The molecular formula is C9H14O4. The summed E-state index contributed by atoms with van der Waals surface area (Å²) < 4.78 is 4.93. The Morgan fingerprint density at radius 3 is 2.69 bits per heavy atom. The molecule has 1 unspecified atom stereocenters. The van der Waals surface area contributed by atoms with E-state index < -0.39 is 12.1 Å². The summed E-state index contributed by atoms with van der Waals surface area (Å²) in [5.41, 5.74) is 0.0526. The van der Waals surface area contributed by atoms with E-state index in [2.05, 4.69) is 6.58 Å². The van der Waals surface area contributed by atoms with Crippen LogP contribution in [0, 0.1) is 0 Å². The molecule has 0 radical (unpaired) electrons. The predicted octanol–water partition coefficient (Wildman–Crippen LogP) is 0.581. The second-order valence-electron chi connectivity index (χ2n) is 2.54. The van der Waals surface area contributed by atoms with Crippen molar-refractivity contribution in [2.75, 3.05) is 13.2 Å². The molecule has 4 heteroatoms. The highest BCUT2D eigenvalue weighted by Crippen LogP contribution is 1.98. The van der Waals surface area contributed by atoms with Gasteiger partial charge in [-0.3, -0.25) is 0 Å². The average Bonchev–Trinajstić information content (AvgIpc) is 2.02. The zero-order chi connectivity index (χ0) is 10.3. The summed E-state index contributed by atoms with van der Waals surface area (Å²) in [6, 6.07) is 0. The number of aliphatic hydroxyl groups excluding tert-OH is 1. The summed E-state index contributed by atoms with van der Waals surface area (Å²) in [7, 11) is 0. The van der Waals surface area contributed by atoms with Crippen LogP contribution < -0.4 is 0 Å². The molecule has 74 valence electrons. The molecule has 1 atom stereocenters. The SMILES string of the molecule is C=CCOCC(=CC(C)O)C(=O)O. The predicted molar refractivity (Wildman–Crippen MR) is 48.4 cm³/mol. The van der Waals surface area contributed by atoms with Crippen LogP contribution in [-0.4, -0.2) is 35.5 Å². The minimum absolute atomic E-state index is 0.0216. The number of rotatable bonds is 6. The first kappa shape index (κ1) is 11.9. The van der Waals surface area contributed by atoms with Gasteiger partial charge in [0.05, 0.1) is 24.9 Å². The van der Waals surface area contributed by atoms with Crippen molar-refractivity contribution in [3.05, 3.63) is 24.3 Å². The van der Waals surface area contributed by atoms with Gasteiger partial charge in [0.15, 0.2) is 0 Å². The van der Waals surface area contributed by atoms with Crippen LogP contribution >= 0.6 is 0 Å². The van der Waals surface area contributed by atoms with Crippen molar-refractivity contribution < 1.29 is 19.7 Å². The van der Waals surface area contributed by atoms with Crippen molar-refractivity contribution in [1.82, 2.24) is 0 Å². The molecule has 0 aliphatic heterocycles. The largest absolute Gasteiger partial charge is 0.478 e. The monoisotopic (exact) mass is 186 g/mol. The molecule has 0 bridgehead atoms. The number of hydrogen-bond acceptors (Lipinski definition) is 3. The summed E-state index contributed by atoms with van der Waals surface area (Å²) in [5, 5.41) is 17.5. The number of aliphatic carboxylic acids is 1. The van der Waals surface area contributed by atoms with Crippen LogP contribution in [0.15, 0.2) is 24.3 Å². The number of ether oxygens (including phenoxy) is 1. The molecule has 0 aliphatic rings. The van der Waals surface area contributed by atoms with Crippen molar-refractivity contribution in [3.63, 3.8) is 0 Å². The molecule has 0 amide bonds. The lowest BCUT2D eigenvalue weighted by molar-refractivity contribution is -0.133. The first-order chi connectivity index (χ1) is 6.07. The fraction of sp³-hybridized carbons (Fsp3) is 0.444. The highest BCUT2D eigenvalue weighted by atomic mass is 16.5. The number of aliphatic hydroxyl groups is 1. The normalized spacial score (nSPS) is 13.8. The minimum atomic E-state index is -1.08. The highest BCUT2D eigenvalue weighted by molar-refractivity contribution is 5.86. The molecule has 0 fully saturated rings. The van der Waals surface area contributed by atoms with Crippen molar-refractivity contribution >= 4 is 5.97 Å². The van der Waals surface area contributed by atoms with Gasteiger partial charge in [0, 0.05) is 0 Å². The Balaban J connectivity index is 4.10. The molecule has 0 saturated heterocycles. The molecule has 0 aromatic heterocycles. The number of carboxylic acids is 1. The van der Waals surface area contributed by atoms with Gasteiger partial charge in [0.2, 0.25) is 0 Å². The highest BCUT2D eigenvalue weighted by Gasteiger charge is 2.07. The summed E-state index contributed by atoms with van der Waals surface area (Å²) in [5.74, 6) is -1.08. The van der Waals surface area contributed by atoms with Crippen LogP contribution in [0.25, 0.3) is 0 Å². The van der Waals surface area contributed by atoms with E-state index >= 15 is 0 Å². The fourth-order valence-corrected chi connectivity index (χ4v) is 0.725. The zero-order valence-electron chi connectivity index (χ0n) is 7.56. The lowest BCUT2D eigenvalue weighted by atomic mass is 10.2. The van der Waals surface area contributed by atoms with Gasteiger partial charge in [-0.15, -0.1) is 6.58 Å². The van der Waals surface area contributed by atoms with Crippen LogP contribution in [-0.2, 0) is 9.53 Å². The Kier molecular flexibility index (Phi) is 5.84. The third-order valence-corrected chi connectivity index (χ3v) is 1.21. The van der Waals surface area contributed by atoms with Gasteiger partial charge < -0.3 is 14.9 Å². The summed E-state index contributed by atoms with van der Waals surface area (Å²) in [6.07, 6.45) is 1.99. The van der Waals surface area contributed by atoms with Crippen LogP contribution in [0.1, 0.15) is 6.92 Å². The summed E-state index contributed by atoms with van der Waals surface area (Å²) in [6.45, 7) is 5.18. The molecule has 0 rings (SSSR count). The first-order valence-corrected chi connectivity index (χ1v) is 3.88. The topological polar surface area (TPSA) is 66.8 Å². The van der Waals surface area contributed by atoms with Crippen molar-refractivity contribution in [1.29, 1.82) is 0 Å². The van der Waals surface area contributed by atoms with Gasteiger partial charge in [0.1, 0.15) is 0 Å². The molecule has 4 nitrogen and oxygen atoms in total. The summed E-state index contributed by atoms with van der Waals surface area (Å²) in [4.78, 5) is 10.5. The van der Waals surface area contributed by atoms with Crippen LogP contribution in [0.4, 0.5) is 0 Å². The van der Waals surface area contributed by atoms with Crippen molar-refractivity contribution in [2.45, 2.75) is 13.0 Å². The van der Waals surface area contributed by atoms with Crippen molar-refractivity contribution in [2.24, 2.45) is 0 Å². The lowest BCUT2D eigenvalue weighted by Crippen LogP contribution is -2.11. The number of carboxylic acid groups (broad SMARTS) is 1. The molecular weight excluding hydrogens is 172 g/mol. The first-order valence-electron chi connectivity index (χ1n) is 3.88. The molecule has 13 heavy (non-hydrogen) atoms. The Labute approximate surface area is 77.1 Å². The lowest BCUT2D eigenvalue weighted by Gasteiger charge is -2.03. The van der Waals surface area contributed by atoms with Gasteiger partial charge in [-0.2, -0.15) is 0 Å². The van der Waals surface area contributed by atoms with Gasteiger partial charge in [0.25, 0.3) is 0 Å². The van der Waals surface area contributed by atoms with Crippen LogP contribution in [0.5, 0.6) is 0 Å². The quantitative estimate of drug-likeness (QED) is 0.362. The Hall–Kier alpha value is -1.13. The average molecular weight is 186 g/mol. The third-order valence-electron chi connectivity index (χ3n) is 1.21. The molecule has 2 N–H and O–H groups in total. The van der Waals surface area contributed by atoms with E-state index in [9.17, 15) is 4.79 Å². The maximum absolute atomic E-state index is 10.5. The molecule has 0 aromatic rings. The van der Waals surface area contributed by atoms with Gasteiger partial charge in [-0.1, -0.05) is 6.08 Å². The minimum Gasteiger partial charge on any atom is -0.478 e. The second kappa shape index (κ2) is 6.39. The molecule has 0 spiro atoms. The second-order valence-corrected chi connectivity index (χ2v) is 2.54. The van der Waals surface area contributed by atoms with Gasteiger partial charge in [-0.05, 0) is 13.0 Å². The van der Waals surface area contributed by atoms with E-state index in [-0.39, 0.29) is 12.2 Å². The van der Waals surface area contributed by atoms with Gasteiger partial charge in [-0.25, -0.2) is 4.79 Å². The number of carbonyl (C=O) groups is 1. The van der Waals surface area contributed by atoms with E-state index in [0.717, 1.165) is 0 Å². The molecule has 0 heterocycles. The molecule has 0 saturated carbocycles. The van der Waals surface area contributed by atoms with E-state index in [1.807, 2.05) is 0 Å². The fourth-order valence-electron chi connectivity index (χ4n) is 0.725. The molecule has 0 aromatic carbocycles. The Morgan fingerprint density at radius 1 is 1.69 bits per heavy atom. The van der Waals surface area contributed by atoms with Crippen LogP contribution in [0.2, 0.25) is 0 Å². The smallest absolute Gasteiger partial charge is 0.333 e. The number of hydrogen-bond donors (Lipinski definition) is 2. The van der Waals surface area contributed by atoms with Crippen LogP contribution in [0.3, 0.4) is 0 Å². The standard InChI is InChI=1S/C9H14O4/c1-3-4-13-6-8(9(11)12)5-7(2)10/h3,5,7,10H,1,4,6H2,2H3,(H,11,12). The van der Waals surface area contributed by atoms with E-state index in [1.165, 1.54) is 19.1 Å². The maximum Gasteiger partial charge on any atom is 0.333 e. The van der Waals surface area contributed by atoms with E-state index in [4.69, 9.17) is 14.9 Å². The van der Waals surface area contributed by atoms with E-state index in [1.54, 1.807) is 0 Å². The Morgan fingerprint density at radius 2 is 2.31 bits per heavy atom. The zero-order valence-corrected chi connectivity index (χ0v) is 7.56. The maximum atomic E-state index is 10.5. The van der Waals surface area contributed by atoms with Gasteiger partial charge >= 0.3 is 5.97 Å². The summed E-state index contributed by atoms with van der Waals surface area (Å²) >= 11 is 0. The van der Waals surface area contributed by atoms with E-state index in [0.29, 0.717) is 6.61 Å². The van der Waals surface area contributed by atoms with Crippen molar-refractivity contribution in [3.8, 4) is 0 Å². The third kappa shape index (κ3) is 6.07. The molecule has 0 aliphatic carbocycles.